The Balaban J connectivity index is 2.19. The van der Waals surface area contributed by atoms with Gasteiger partial charge in [-0.25, -0.2) is 9.97 Å². The molecule has 0 unspecified atom stereocenters. The first-order valence-electron chi connectivity index (χ1n) is 6.53. The van der Waals surface area contributed by atoms with Crippen molar-refractivity contribution in [2.24, 2.45) is 0 Å². The number of hydrogen-bond acceptors (Lipinski definition) is 6. The second-order valence-electron chi connectivity index (χ2n) is 4.17. The highest BCUT2D eigenvalue weighted by Crippen LogP contribution is 2.28. The molecule has 2 aromatic heterocycles. The zero-order valence-corrected chi connectivity index (χ0v) is 12.0. The summed E-state index contributed by atoms with van der Waals surface area (Å²) in [5, 5.41) is 6.23. The number of nitrogens with one attached hydrogen (secondary N) is 2. The van der Waals surface area contributed by atoms with E-state index in [1.54, 1.807) is 20.4 Å². The lowest BCUT2D eigenvalue weighted by Gasteiger charge is -2.13. The third-order valence-electron chi connectivity index (χ3n) is 3.03. The smallest absolute Gasteiger partial charge is 0.204 e. The number of aryl methyl sites for hydroxylation is 1. The molecule has 2 heterocycles. The number of nitrogens with zero attached hydrogens (tertiary/aromatic N) is 3. The van der Waals surface area contributed by atoms with Crippen LogP contribution in [0.25, 0.3) is 0 Å². The summed E-state index contributed by atoms with van der Waals surface area (Å²) in [5.74, 6) is 1.91. The van der Waals surface area contributed by atoms with Crippen LogP contribution in [-0.2, 0) is 13.0 Å². The quantitative estimate of drug-likeness (QED) is 0.839. The van der Waals surface area contributed by atoms with Gasteiger partial charge in [-0.2, -0.15) is 0 Å². The molecule has 6 nitrogen and oxygen atoms in total. The molecule has 0 aliphatic rings. The topological polar surface area (TPSA) is 72.0 Å². The number of anilines is 2. The maximum atomic E-state index is 5.34. The van der Waals surface area contributed by atoms with Crippen molar-refractivity contribution in [2.75, 3.05) is 24.8 Å². The van der Waals surface area contributed by atoms with Crippen molar-refractivity contribution >= 4 is 11.6 Å². The molecule has 106 valence electrons. The van der Waals surface area contributed by atoms with Gasteiger partial charge < -0.3 is 15.4 Å². The van der Waals surface area contributed by atoms with Crippen molar-refractivity contribution in [2.45, 2.75) is 19.9 Å². The predicted molar refractivity (Wildman–Crippen MR) is 79.1 cm³/mol. The van der Waals surface area contributed by atoms with Crippen LogP contribution < -0.4 is 15.4 Å². The minimum Gasteiger partial charge on any atom is -0.490 e. The van der Waals surface area contributed by atoms with E-state index in [4.69, 9.17) is 4.74 Å². The van der Waals surface area contributed by atoms with Crippen molar-refractivity contribution in [1.29, 1.82) is 0 Å². The minimum atomic E-state index is 0.598. The molecular formula is C14H19N5O. The largest absolute Gasteiger partial charge is 0.490 e. The van der Waals surface area contributed by atoms with Gasteiger partial charge in [0.1, 0.15) is 6.33 Å². The first-order valence-corrected chi connectivity index (χ1v) is 6.53. The van der Waals surface area contributed by atoms with E-state index in [9.17, 15) is 0 Å². The van der Waals surface area contributed by atoms with E-state index >= 15 is 0 Å². The highest BCUT2D eigenvalue weighted by Gasteiger charge is 2.11. The van der Waals surface area contributed by atoms with E-state index in [0.717, 1.165) is 12.1 Å². The molecule has 2 aromatic rings. The molecular weight excluding hydrogens is 254 g/mol. The Bertz CT molecular complexity index is 573. The van der Waals surface area contributed by atoms with E-state index in [-0.39, 0.29) is 0 Å². The van der Waals surface area contributed by atoms with Crippen LogP contribution in [0.1, 0.15) is 18.2 Å². The normalized spacial score (nSPS) is 10.2. The third kappa shape index (κ3) is 2.96. The van der Waals surface area contributed by atoms with Gasteiger partial charge in [0.15, 0.2) is 11.6 Å². The molecule has 0 saturated carbocycles. The molecule has 0 amide bonds. The summed E-state index contributed by atoms with van der Waals surface area (Å²) < 4.78 is 5.34. The van der Waals surface area contributed by atoms with Gasteiger partial charge in [-0.05, 0) is 18.1 Å². The molecule has 20 heavy (non-hydrogen) atoms. The van der Waals surface area contributed by atoms with E-state index in [0.29, 0.717) is 23.9 Å². The molecule has 0 bridgehead atoms. The number of ether oxygens (including phenoxy) is 1. The van der Waals surface area contributed by atoms with Crippen molar-refractivity contribution in [3.63, 3.8) is 0 Å². The maximum Gasteiger partial charge on any atom is 0.204 e. The standard InChI is InChI=1S/C14H19N5O/c1-4-10-6-5-7-16-11(10)8-17-14-12(20-3)13(15-2)18-9-19-14/h5-7,9H,4,8H2,1-3H3,(H2,15,17,18,19). The van der Waals surface area contributed by atoms with Crippen LogP contribution >= 0.6 is 0 Å². The molecule has 0 aliphatic carbocycles. The van der Waals surface area contributed by atoms with Crippen LogP contribution in [0.4, 0.5) is 11.6 Å². The highest BCUT2D eigenvalue weighted by molar-refractivity contribution is 5.63. The zero-order valence-electron chi connectivity index (χ0n) is 12.0. The average Bonchev–Trinajstić information content (AvgIpc) is 2.52. The predicted octanol–water partition coefficient (Wildman–Crippen LogP) is 2.10. The lowest BCUT2D eigenvalue weighted by molar-refractivity contribution is 0.415. The second-order valence-corrected chi connectivity index (χ2v) is 4.17. The van der Waals surface area contributed by atoms with Gasteiger partial charge in [0.25, 0.3) is 0 Å². The minimum absolute atomic E-state index is 0.598. The Labute approximate surface area is 118 Å². The SMILES string of the molecule is CCc1cccnc1CNc1ncnc(NC)c1OC. The van der Waals surface area contributed by atoms with Crippen LogP contribution in [0.5, 0.6) is 5.75 Å². The van der Waals surface area contributed by atoms with E-state index in [1.807, 2.05) is 6.07 Å². The van der Waals surface area contributed by atoms with E-state index in [1.165, 1.54) is 11.9 Å². The highest BCUT2D eigenvalue weighted by atomic mass is 16.5. The first-order chi connectivity index (χ1) is 9.80. The van der Waals surface area contributed by atoms with Gasteiger partial charge in [0, 0.05) is 13.2 Å². The summed E-state index contributed by atoms with van der Waals surface area (Å²) >= 11 is 0. The maximum absolute atomic E-state index is 5.34. The van der Waals surface area contributed by atoms with Crippen LogP contribution in [-0.4, -0.2) is 29.1 Å². The van der Waals surface area contributed by atoms with Gasteiger partial charge in [-0.15, -0.1) is 0 Å². The Morgan fingerprint density at radius 1 is 1.20 bits per heavy atom. The molecule has 2 rings (SSSR count). The fourth-order valence-corrected chi connectivity index (χ4v) is 1.99. The first kappa shape index (κ1) is 14.0. The molecule has 0 aliphatic heterocycles. The lowest BCUT2D eigenvalue weighted by Crippen LogP contribution is -2.09. The van der Waals surface area contributed by atoms with Crippen LogP contribution in [0.15, 0.2) is 24.7 Å². The van der Waals surface area contributed by atoms with Crippen molar-refractivity contribution in [3.8, 4) is 5.75 Å². The fourth-order valence-electron chi connectivity index (χ4n) is 1.99. The summed E-state index contributed by atoms with van der Waals surface area (Å²) in [6.07, 6.45) is 4.25. The summed E-state index contributed by atoms with van der Waals surface area (Å²) in [5.41, 5.74) is 2.24. The summed E-state index contributed by atoms with van der Waals surface area (Å²) in [7, 11) is 3.39. The van der Waals surface area contributed by atoms with Crippen molar-refractivity contribution in [3.05, 3.63) is 35.9 Å². The Hall–Kier alpha value is -2.37. The van der Waals surface area contributed by atoms with Crippen LogP contribution in [0.3, 0.4) is 0 Å². The number of methoxy groups -OCH3 is 1. The van der Waals surface area contributed by atoms with Gasteiger partial charge in [0.05, 0.1) is 19.3 Å². The summed E-state index contributed by atoms with van der Waals surface area (Å²) in [6, 6.07) is 4.03. The van der Waals surface area contributed by atoms with Crippen LogP contribution in [0, 0.1) is 0 Å². The van der Waals surface area contributed by atoms with Crippen molar-refractivity contribution in [1.82, 2.24) is 15.0 Å². The van der Waals surface area contributed by atoms with E-state index in [2.05, 4.69) is 38.6 Å². The average molecular weight is 273 g/mol. The zero-order chi connectivity index (χ0) is 14.4. The Morgan fingerprint density at radius 3 is 2.70 bits per heavy atom. The van der Waals surface area contributed by atoms with Crippen LogP contribution in [0.2, 0.25) is 0 Å². The number of aromatic nitrogens is 3. The Kier molecular flexibility index (Phi) is 4.70. The van der Waals surface area contributed by atoms with Gasteiger partial charge >= 0.3 is 0 Å². The van der Waals surface area contributed by atoms with Crippen molar-refractivity contribution < 1.29 is 4.74 Å². The number of hydrogen-bond donors (Lipinski definition) is 2. The van der Waals surface area contributed by atoms with Gasteiger partial charge in [0.2, 0.25) is 5.75 Å². The molecule has 0 radical (unpaired) electrons. The molecule has 2 N–H and O–H groups in total. The summed E-state index contributed by atoms with van der Waals surface area (Å²) in [4.78, 5) is 12.7. The molecule has 0 fully saturated rings. The Morgan fingerprint density at radius 2 is 2.00 bits per heavy atom. The molecule has 0 aromatic carbocycles. The molecule has 0 saturated heterocycles. The number of rotatable bonds is 6. The van der Waals surface area contributed by atoms with Gasteiger partial charge in [-0.1, -0.05) is 13.0 Å². The number of pyridine rings is 1. The molecule has 6 heteroatoms. The monoisotopic (exact) mass is 273 g/mol. The third-order valence-corrected chi connectivity index (χ3v) is 3.03. The molecule has 0 spiro atoms. The van der Waals surface area contributed by atoms with E-state index < -0.39 is 0 Å². The molecule has 0 atom stereocenters. The summed E-state index contributed by atoms with van der Waals surface area (Å²) in [6.45, 7) is 2.71. The fraction of sp³-hybridized carbons (Fsp3) is 0.357. The van der Waals surface area contributed by atoms with Gasteiger partial charge in [-0.3, -0.25) is 4.98 Å². The second kappa shape index (κ2) is 6.70. The lowest BCUT2D eigenvalue weighted by atomic mass is 10.1.